The van der Waals surface area contributed by atoms with E-state index in [1.54, 1.807) is 0 Å². The lowest BCUT2D eigenvalue weighted by molar-refractivity contribution is -0.124. The third-order valence-corrected chi connectivity index (χ3v) is 3.12. The fourth-order valence-corrected chi connectivity index (χ4v) is 2.00. The number of rotatable bonds is 5. The molecule has 0 radical (unpaired) electrons. The second kappa shape index (κ2) is 8.02. The number of nitrogens with one attached hydrogen (secondary N) is 2. The van der Waals surface area contributed by atoms with Crippen molar-refractivity contribution in [1.29, 1.82) is 0 Å². The summed E-state index contributed by atoms with van der Waals surface area (Å²) in [7, 11) is 0. The van der Waals surface area contributed by atoms with Crippen LogP contribution in [0.2, 0.25) is 0 Å². The number of halogens is 1. The van der Waals surface area contributed by atoms with Gasteiger partial charge in [-0.25, -0.2) is 0 Å². The van der Waals surface area contributed by atoms with Crippen LogP contribution in [0.5, 0.6) is 5.75 Å². The third-order valence-electron chi connectivity index (χ3n) is 3.12. The van der Waals surface area contributed by atoms with Crippen LogP contribution < -0.4 is 15.4 Å². The van der Waals surface area contributed by atoms with Crippen LogP contribution in [0.15, 0.2) is 24.3 Å². The van der Waals surface area contributed by atoms with Gasteiger partial charge < -0.3 is 15.4 Å². The van der Waals surface area contributed by atoms with Gasteiger partial charge in [0.15, 0.2) is 0 Å². The van der Waals surface area contributed by atoms with E-state index in [1.165, 1.54) is 5.56 Å². The Morgan fingerprint density at radius 2 is 2.16 bits per heavy atom. The minimum atomic E-state index is 0. The molecular weight excluding hydrogens is 264 g/mol. The molecule has 0 aliphatic carbocycles. The highest BCUT2D eigenvalue weighted by atomic mass is 35.5. The molecule has 106 valence electrons. The van der Waals surface area contributed by atoms with Gasteiger partial charge in [-0.1, -0.05) is 17.7 Å². The van der Waals surface area contributed by atoms with Crippen molar-refractivity contribution in [3.05, 3.63) is 29.8 Å². The van der Waals surface area contributed by atoms with Gasteiger partial charge in [0.25, 0.3) is 0 Å². The van der Waals surface area contributed by atoms with Crippen LogP contribution in [-0.4, -0.2) is 32.1 Å². The summed E-state index contributed by atoms with van der Waals surface area (Å²) in [6.07, 6.45) is 0.935. The minimum absolute atomic E-state index is 0. The predicted molar refractivity (Wildman–Crippen MR) is 77.9 cm³/mol. The van der Waals surface area contributed by atoms with Crippen molar-refractivity contribution >= 4 is 18.3 Å². The highest BCUT2D eigenvalue weighted by Crippen LogP contribution is 2.11. The summed E-state index contributed by atoms with van der Waals surface area (Å²) >= 11 is 0. The molecule has 0 spiro atoms. The van der Waals surface area contributed by atoms with Crippen molar-refractivity contribution in [2.75, 3.05) is 26.2 Å². The van der Waals surface area contributed by atoms with Gasteiger partial charge in [-0.05, 0) is 32.0 Å². The van der Waals surface area contributed by atoms with E-state index in [9.17, 15) is 4.79 Å². The number of hydrogen-bond acceptors (Lipinski definition) is 3. The molecule has 1 aliphatic heterocycles. The van der Waals surface area contributed by atoms with Gasteiger partial charge in [0, 0.05) is 6.54 Å². The van der Waals surface area contributed by atoms with Crippen LogP contribution >= 0.6 is 12.4 Å². The van der Waals surface area contributed by atoms with E-state index in [2.05, 4.69) is 10.6 Å². The second-order valence-electron chi connectivity index (χ2n) is 4.64. The third kappa shape index (κ3) is 5.09. The van der Waals surface area contributed by atoms with Crippen LogP contribution in [0.1, 0.15) is 12.0 Å². The molecule has 1 fully saturated rings. The summed E-state index contributed by atoms with van der Waals surface area (Å²) in [5, 5.41) is 6.08. The first-order valence-corrected chi connectivity index (χ1v) is 6.43. The quantitative estimate of drug-likeness (QED) is 0.806. The van der Waals surface area contributed by atoms with E-state index in [-0.39, 0.29) is 24.2 Å². The summed E-state index contributed by atoms with van der Waals surface area (Å²) in [5.41, 5.74) is 1.21. The second-order valence-corrected chi connectivity index (χ2v) is 4.64. The van der Waals surface area contributed by atoms with Gasteiger partial charge >= 0.3 is 0 Å². The normalized spacial score (nSPS) is 17.6. The Labute approximate surface area is 120 Å². The molecule has 1 aromatic rings. The number of carbonyl (C=O) groups excluding carboxylic acids is 1. The number of hydrogen-bond donors (Lipinski definition) is 2. The smallest absolute Gasteiger partial charge is 0.224 e. The van der Waals surface area contributed by atoms with Crippen molar-refractivity contribution in [3.63, 3.8) is 0 Å². The topological polar surface area (TPSA) is 50.4 Å². The molecule has 5 heteroatoms. The zero-order valence-corrected chi connectivity index (χ0v) is 12.0. The summed E-state index contributed by atoms with van der Waals surface area (Å²) in [4.78, 5) is 11.7. The minimum Gasteiger partial charge on any atom is -0.492 e. The van der Waals surface area contributed by atoms with E-state index >= 15 is 0 Å². The van der Waals surface area contributed by atoms with Crippen molar-refractivity contribution in [2.24, 2.45) is 5.92 Å². The summed E-state index contributed by atoms with van der Waals surface area (Å²) in [6.45, 7) is 4.85. The van der Waals surface area contributed by atoms with Gasteiger partial charge in [0.05, 0.1) is 12.5 Å². The Kier molecular flexibility index (Phi) is 6.67. The van der Waals surface area contributed by atoms with Gasteiger partial charge in [-0.2, -0.15) is 0 Å². The first kappa shape index (κ1) is 15.8. The molecule has 1 amide bonds. The summed E-state index contributed by atoms with van der Waals surface area (Å²) < 4.78 is 5.54. The highest BCUT2D eigenvalue weighted by Gasteiger charge is 2.21. The number of ether oxygens (including phenoxy) is 1. The number of carbonyl (C=O) groups is 1. The Hall–Kier alpha value is -1.26. The lowest BCUT2D eigenvalue weighted by Gasteiger charge is -2.10. The van der Waals surface area contributed by atoms with Crippen LogP contribution in [0.25, 0.3) is 0 Å². The Morgan fingerprint density at radius 3 is 2.79 bits per heavy atom. The molecule has 1 heterocycles. The largest absolute Gasteiger partial charge is 0.492 e. The van der Waals surface area contributed by atoms with E-state index in [1.807, 2.05) is 31.2 Å². The number of amides is 1. The lowest BCUT2D eigenvalue weighted by Crippen LogP contribution is -2.34. The van der Waals surface area contributed by atoms with Crippen molar-refractivity contribution in [1.82, 2.24) is 10.6 Å². The van der Waals surface area contributed by atoms with Gasteiger partial charge in [0.2, 0.25) is 5.91 Å². The molecule has 0 saturated carbocycles. The Morgan fingerprint density at radius 1 is 1.42 bits per heavy atom. The van der Waals surface area contributed by atoms with Crippen molar-refractivity contribution < 1.29 is 9.53 Å². The maximum absolute atomic E-state index is 11.7. The number of benzene rings is 1. The SMILES string of the molecule is Cc1ccc(OCCNC(=O)C2CCNC2)cc1.Cl. The van der Waals surface area contributed by atoms with Crippen LogP contribution in [0.4, 0.5) is 0 Å². The van der Waals surface area contributed by atoms with E-state index in [4.69, 9.17) is 4.74 Å². The summed E-state index contributed by atoms with van der Waals surface area (Å²) in [5.74, 6) is 1.11. The zero-order chi connectivity index (χ0) is 12.8. The highest BCUT2D eigenvalue weighted by molar-refractivity contribution is 5.85. The monoisotopic (exact) mass is 284 g/mol. The molecule has 1 saturated heterocycles. The molecule has 19 heavy (non-hydrogen) atoms. The average Bonchev–Trinajstić information content (AvgIpc) is 2.90. The van der Waals surface area contributed by atoms with Gasteiger partial charge in [-0.3, -0.25) is 4.79 Å². The molecule has 0 aromatic heterocycles. The maximum atomic E-state index is 11.7. The van der Waals surface area contributed by atoms with E-state index in [0.717, 1.165) is 25.3 Å². The lowest BCUT2D eigenvalue weighted by atomic mass is 10.1. The number of aryl methyl sites for hydroxylation is 1. The molecule has 1 unspecified atom stereocenters. The first-order valence-electron chi connectivity index (χ1n) is 6.43. The van der Waals surface area contributed by atoms with Crippen LogP contribution in [-0.2, 0) is 4.79 Å². The van der Waals surface area contributed by atoms with Gasteiger partial charge in [-0.15, -0.1) is 12.4 Å². The van der Waals surface area contributed by atoms with Crippen LogP contribution in [0, 0.1) is 12.8 Å². The standard InChI is InChI=1S/C14H20N2O2.ClH/c1-11-2-4-13(5-3-11)18-9-8-16-14(17)12-6-7-15-10-12;/h2-5,12,15H,6-10H2,1H3,(H,16,17);1H. The zero-order valence-electron chi connectivity index (χ0n) is 11.1. The predicted octanol–water partition coefficient (Wildman–Crippen LogP) is 1.52. The van der Waals surface area contributed by atoms with E-state index < -0.39 is 0 Å². The molecule has 1 atom stereocenters. The van der Waals surface area contributed by atoms with Gasteiger partial charge in [0.1, 0.15) is 12.4 Å². The maximum Gasteiger partial charge on any atom is 0.224 e. The molecule has 2 N–H and O–H groups in total. The molecule has 2 rings (SSSR count). The fraction of sp³-hybridized carbons (Fsp3) is 0.500. The van der Waals surface area contributed by atoms with E-state index in [0.29, 0.717) is 13.2 Å². The average molecular weight is 285 g/mol. The Bertz CT molecular complexity index is 389. The fourth-order valence-electron chi connectivity index (χ4n) is 2.00. The molecule has 4 nitrogen and oxygen atoms in total. The molecule has 1 aliphatic rings. The Balaban J connectivity index is 0.00000180. The molecular formula is C14H21ClN2O2. The first-order chi connectivity index (χ1) is 8.75. The van der Waals surface area contributed by atoms with Crippen molar-refractivity contribution in [2.45, 2.75) is 13.3 Å². The summed E-state index contributed by atoms with van der Waals surface area (Å²) in [6, 6.07) is 7.91. The van der Waals surface area contributed by atoms with Crippen LogP contribution in [0.3, 0.4) is 0 Å². The van der Waals surface area contributed by atoms with Crippen molar-refractivity contribution in [3.8, 4) is 5.75 Å². The molecule has 1 aromatic carbocycles. The molecule has 0 bridgehead atoms.